The van der Waals surface area contributed by atoms with Crippen LogP contribution in [-0.4, -0.2) is 45.7 Å². The van der Waals surface area contributed by atoms with E-state index in [9.17, 15) is 4.79 Å². The molecule has 37 heavy (non-hydrogen) atoms. The van der Waals surface area contributed by atoms with Crippen molar-refractivity contribution in [3.05, 3.63) is 52.2 Å². The smallest absolute Gasteiger partial charge is 0.277 e. The Balaban J connectivity index is 1.50. The van der Waals surface area contributed by atoms with Crippen LogP contribution >= 0.6 is 11.6 Å². The van der Waals surface area contributed by atoms with Crippen molar-refractivity contribution in [2.75, 3.05) is 17.7 Å². The maximum absolute atomic E-state index is 13.2. The first-order valence-corrected chi connectivity index (χ1v) is 12.1. The maximum Gasteiger partial charge on any atom is 0.277 e. The third kappa shape index (κ3) is 4.22. The Morgan fingerprint density at radius 3 is 2.57 bits per heavy atom. The molecule has 5 rings (SSSR count). The number of fused-ring (bicyclic) bond motifs is 2. The minimum absolute atomic E-state index is 0.180. The molecule has 192 valence electrons. The first-order chi connectivity index (χ1) is 17.6. The molecule has 2 N–H and O–H groups in total. The molecule has 0 aliphatic carbocycles. The summed E-state index contributed by atoms with van der Waals surface area (Å²) in [7, 11) is 3.56. The summed E-state index contributed by atoms with van der Waals surface area (Å²) in [6.45, 7) is 8.49. The molecule has 0 amide bonds. The summed E-state index contributed by atoms with van der Waals surface area (Å²) in [6.07, 6.45) is 8.03. The summed E-state index contributed by atoms with van der Waals surface area (Å²) >= 11 is 6.74. The predicted molar refractivity (Wildman–Crippen MR) is 142 cm³/mol. The van der Waals surface area contributed by atoms with Crippen molar-refractivity contribution in [2.45, 2.75) is 39.7 Å². The topological polar surface area (TPSA) is 129 Å². The van der Waals surface area contributed by atoms with E-state index < -0.39 is 0 Å². The lowest BCUT2D eigenvalue weighted by Crippen LogP contribution is -2.32. The molecule has 0 aromatic carbocycles. The second-order valence-corrected chi connectivity index (χ2v) is 9.86. The molecule has 0 bridgehead atoms. The van der Waals surface area contributed by atoms with E-state index in [0.717, 1.165) is 0 Å². The summed E-state index contributed by atoms with van der Waals surface area (Å²) in [5, 5.41) is 10.7. The van der Waals surface area contributed by atoms with Crippen molar-refractivity contribution in [1.29, 1.82) is 0 Å². The van der Waals surface area contributed by atoms with Crippen molar-refractivity contribution in [2.24, 2.45) is 7.05 Å². The predicted octanol–water partition coefficient (Wildman–Crippen LogP) is 4.12. The summed E-state index contributed by atoms with van der Waals surface area (Å²) in [5.41, 5.74) is 1.47. The number of pyridine rings is 1. The number of anilines is 3. The minimum atomic E-state index is -0.272. The Morgan fingerprint density at radius 2 is 1.86 bits per heavy atom. The van der Waals surface area contributed by atoms with Crippen LogP contribution in [0.5, 0.6) is 11.5 Å². The monoisotopic (exact) mass is 522 g/mol. The van der Waals surface area contributed by atoms with Crippen molar-refractivity contribution >= 4 is 45.7 Å². The van der Waals surface area contributed by atoms with Gasteiger partial charge in [0.2, 0.25) is 5.95 Å². The van der Waals surface area contributed by atoms with Gasteiger partial charge in [-0.05, 0) is 6.92 Å². The van der Waals surface area contributed by atoms with Crippen LogP contribution in [0.2, 0.25) is 5.02 Å². The number of hydrogen-bond donors (Lipinski definition) is 2. The number of hydrogen-bond acceptors (Lipinski definition) is 9. The van der Waals surface area contributed by atoms with Gasteiger partial charge in [0.15, 0.2) is 17.1 Å². The zero-order valence-corrected chi connectivity index (χ0v) is 22.1. The highest BCUT2D eigenvalue weighted by atomic mass is 35.5. The molecular formula is C24H27ClN10O2. The second-order valence-electron chi connectivity index (χ2n) is 9.49. The van der Waals surface area contributed by atoms with Crippen molar-refractivity contribution < 1.29 is 4.74 Å². The third-order valence-electron chi connectivity index (χ3n) is 5.93. The molecule has 0 fully saturated rings. The second kappa shape index (κ2) is 9.04. The number of nitrogens with zero attached hydrogens (tertiary/aromatic N) is 8. The number of halogens is 1. The van der Waals surface area contributed by atoms with Crippen LogP contribution in [0.4, 0.5) is 17.5 Å². The molecule has 0 spiro atoms. The standard InChI is InChI=1S/C24H27ClN10O2/c1-7-34-21(36)13(8-29-22(34)24(2,3)4)31-23-32-20-19(33(23)6)18(25)16(10-28-20)37-15-11-30-35-12-17(26-5)27-9-14(15)35/h8-12,26H,7H2,1-6H3,(H,28,31,32). The van der Waals surface area contributed by atoms with Crippen LogP contribution in [0.1, 0.15) is 33.5 Å². The Bertz CT molecular complexity index is 1700. The van der Waals surface area contributed by atoms with Gasteiger partial charge in [0.05, 0.1) is 31.0 Å². The molecular weight excluding hydrogens is 496 g/mol. The van der Waals surface area contributed by atoms with Crippen LogP contribution in [0.25, 0.3) is 16.7 Å². The molecule has 13 heteroatoms. The van der Waals surface area contributed by atoms with Gasteiger partial charge in [-0.1, -0.05) is 32.4 Å². The van der Waals surface area contributed by atoms with E-state index >= 15 is 0 Å². The maximum atomic E-state index is 13.2. The number of rotatable bonds is 6. The van der Waals surface area contributed by atoms with Crippen molar-refractivity contribution in [3.8, 4) is 11.5 Å². The summed E-state index contributed by atoms with van der Waals surface area (Å²) < 4.78 is 11.1. The molecule has 0 radical (unpaired) electrons. The van der Waals surface area contributed by atoms with E-state index in [0.29, 0.717) is 63.0 Å². The van der Waals surface area contributed by atoms with Crippen LogP contribution in [-0.2, 0) is 19.0 Å². The highest BCUT2D eigenvalue weighted by molar-refractivity contribution is 6.36. The van der Waals surface area contributed by atoms with Gasteiger partial charge in [0.1, 0.15) is 33.4 Å². The average Bonchev–Trinajstić information content (AvgIpc) is 3.41. The van der Waals surface area contributed by atoms with E-state index in [1.54, 1.807) is 46.3 Å². The molecule has 0 atom stereocenters. The van der Waals surface area contributed by atoms with Crippen molar-refractivity contribution in [3.63, 3.8) is 0 Å². The SMILES string of the molecule is CCn1c(C(C)(C)C)ncc(Nc2nc3ncc(Oc4cnn5cc(NC)ncc45)c(Cl)c3n2C)c1=O. The van der Waals surface area contributed by atoms with E-state index in [2.05, 4.69) is 35.7 Å². The highest BCUT2D eigenvalue weighted by Crippen LogP contribution is 2.36. The Hall–Kier alpha value is -4.19. The van der Waals surface area contributed by atoms with Gasteiger partial charge in [0, 0.05) is 26.1 Å². The molecule has 5 heterocycles. The number of aryl methyl sites for hydroxylation is 1. The zero-order valence-electron chi connectivity index (χ0n) is 21.4. The van der Waals surface area contributed by atoms with E-state index in [4.69, 9.17) is 16.3 Å². The summed E-state index contributed by atoms with van der Waals surface area (Å²) in [4.78, 5) is 31.0. The highest BCUT2D eigenvalue weighted by Gasteiger charge is 2.23. The Labute approximate surface area is 217 Å². The number of imidazole rings is 1. The molecule has 0 saturated carbocycles. The summed E-state index contributed by atoms with van der Waals surface area (Å²) in [5.74, 6) is 2.59. The van der Waals surface area contributed by atoms with E-state index in [1.165, 1.54) is 12.4 Å². The number of aromatic nitrogens is 8. The fraction of sp³-hybridized carbons (Fsp3) is 0.333. The van der Waals surface area contributed by atoms with E-state index in [-0.39, 0.29) is 11.0 Å². The molecule has 5 aromatic heterocycles. The fourth-order valence-electron chi connectivity index (χ4n) is 4.07. The molecule has 0 aliphatic rings. The van der Waals surface area contributed by atoms with Crippen LogP contribution in [0, 0.1) is 0 Å². The third-order valence-corrected chi connectivity index (χ3v) is 6.30. The van der Waals surface area contributed by atoms with E-state index in [1.807, 2.05) is 27.7 Å². The van der Waals surface area contributed by atoms with Gasteiger partial charge in [-0.3, -0.25) is 9.36 Å². The Kier molecular flexibility index (Phi) is 5.98. The van der Waals surface area contributed by atoms with Gasteiger partial charge in [-0.25, -0.2) is 19.5 Å². The van der Waals surface area contributed by atoms with Gasteiger partial charge in [-0.2, -0.15) is 10.1 Å². The molecule has 5 aromatic rings. The van der Waals surface area contributed by atoms with Gasteiger partial charge in [0.25, 0.3) is 5.56 Å². The first kappa shape index (κ1) is 24.5. The minimum Gasteiger partial charge on any atom is -0.450 e. The summed E-state index contributed by atoms with van der Waals surface area (Å²) in [6, 6.07) is 0. The number of ether oxygens (including phenoxy) is 1. The van der Waals surface area contributed by atoms with Gasteiger partial charge in [-0.15, -0.1) is 0 Å². The Morgan fingerprint density at radius 1 is 1.08 bits per heavy atom. The fourth-order valence-corrected chi connectivity index (χ4v) is 4.37. The molecule has 0 unspecified atom stereocenters. The van der Waals surface area contributed by atoms with Crippen LogP contribution in [0.3, 0.4) is 0 Å². The van der Waals surface area contributed by atoms with Gasteiger partial charge < -0.3 is 19.9 Å². The largest absolute Gasteiger partial charge is 0.450 e. The number of nitrogens with one attached hydrogen (secondary N) is 2. The molecule has 12 nitrogen and oxygen atoms in total. The van der Waals surface area contributed by atoms with Crippen molar-refractivity contribution in [1.82, 2.24) is 38.7 Å². The average molecular weight is 523 g/mol. The first-order valence-electron chi connectivity index (χ1n) is 11.7. The lowest BCUT2D eigenvalue weighted by molar-refractivity contribution is 0.486. The molecule has 0 saturated heterocycles. The lowest BCUT2D eigenvalue weighted by Gasteiger charge is -2.22. The molecule has 0 aliphatic heterocycles. The zero-order chi connectivity index (χ0) is 26.5. The normalized spacial score (nSPS) is 11.9. The van der Waals surface area contributed by atoms with Crippen LogP contribution < -0.4 is 20.9 Å². The quantitative estimate of drug-likeness (QED) is 0.338. The van der Waals surface area contributed by atoms with Crippen LogP contribution in [0.15, 0.2) is 35.8 Å². The lowest BCUT2D eigenvalue weighted by atomic mass is 9.95. The van der Waals surface area contributed by atoms with Gasteiger partial charge >= 0.3 is 0 Å².